The molecular formula is C15H24ClN3OS. The highest BCUT2D eigenvalue weighted by Gasteiger charge is 2.36. The van der Waals surface area contributed by atoms with Gasteiger partial charge in [-0.25, -0.2) is 0 Å². The van der Waals surface area contributed by atoms with Crippen molar-refractivity contribution in [1.82, 2.24) is 10.6 Å². The van der Waals surface area contributed by atoms with Crippen molar-refractivity contribution in [3.8, 4) is 0 Å². The summed E-state index contributed by atoms with van der Waals surface area (Å²) in [5.74, 6) is 1.57. The molecule has 1 aromatic heterocycles. The molecule has 4 nitrogen and oxygen atoms in total. The van der Waals surface area contributed by atoms with Gasteiger partial charge in [-0.1, -0.05) is 24.9 Å². The topological polar surface area (TPSA) is 56.7 Å². The van der Waals surface area contributed by atoms with E-state index in [0.29, 0.717) is 16.9 Å². The zero-order valence-corrected chi connectivity index (χ0v) is 14.2. The lowest BCUT2D eigenvalue weighted by Gasteiger charge is -2.12. The standard InChI is InChI=1S/C15H24ClN3OS/c1-3-5-10-8-11(10)19-15(17-4-2)18-9-12(20)13-6-7-14(16)21-13/h6-7,10-12,20H,3-5,8-9H2,1-2H3,(H2,17,18,19). The van der Waals surface area contributed by atoms with Gasteiger partial charge in [0.05, 0.1) is 10.9 Å². The Bertz CT molecular complexity index is 477. The maximum Gasteiger partial charge on any atom is 0.191 e. The average Bonchev–Trinajstić information content (AvgIpc) is 3.02. The smallest absolute Gasteiger partial charge is 0.191 e. The maximum absolute atomic E-state index is 10.1. The molecule has 1 fully saturated rings. The summed E-state index contributed by atoms with van der Waals surface area (Å²) in [5, 5.41) is 16.8. The molecule has 0 saturated heterocycles. The molecule has 0 aromatic carbocycles. The lowest BCUT2D eigenvalue weighted by atomic mass is 10.2. The van der Waals surface area contributed by atoms with Crippen molar-refractivity contribution >= 4 is 28.9 Å². The Balaban J connectivity index is 1.85. The van der Waals surface area contributed by atoms with Gasteiger partial charge in [-0.2, -0.15) is 0 Å². The average molecular weight is 330 g/mol. The number of hydrogen-bond donors (Lipinski definition) is 3. The quantitative estimate of drug-likeness (QED) is 0.532. The Morgan fingerprint density at radius 1 is 1.52 bits per heavy atom. The second-order valence-corrected chi connectivity index (χ2v) is 7.16. The molecule has 0 spiro atoms. The minimum atomic E-state index is -0.594. The number of thiophene rings is 1. The van der Waals surface area contributed by atoms with Crippen LogP contribution in [0.15, 0.2) is 17.1 Å². The van der Waals surface area contributed by atoms with Gasteiger partial charge in [-0.15, -0.1) is 11.3 Å². The largest absolute Gasteiger partial charge is 0.386 e. The summed E-state index contributed by atoms with van der Waals surface area (Å²) in [6, 6.07) is 4.19. The fraction of sp³-hybridized carbons (Fsp3) is 0.667. The number of rotatable bonds is 7. The van der Waals surface area contributed by atoms with E-state index in [1.54, 1.807) is 6.07 Å². The van der Waals surface area contributed by atoms with Gasteiger partial charge in [0.1, 0.15) is 6.10 Å². The van der Waals surface area contributed by atoms with Crippen LogP contribution in [-0.4, -0.2) is 30.2 Å². The van der Waals surface area contributed by atoms with E-state index in [9.17, 15) is 5.11 Å². The predicted molar refractivity (Wildman–Crippen MR) is 90.2 cm³/mol. The number of halogens is 1. The van der Waals surface area contributed by atoms with Crippen LogP contribution in [-0.2, 0) is 0 Å². The van der Waals surface area contributed by atoms with Crippen LogP contribution in [0.1, 0.15) is 44.1 Å². The summed E-state index contributed by atoms with van der Waals surface area (Å²) >= 11 is 7.29. The van der Waals surface area contributed by atoms with E-state index < -0.39 is 6.10 Å². The van der Waals surface area contributed by atoms with Gasteiger partial charge in [0.25, 0.3) is 0 Å². The molecule has 1 aliphatic carbocycles. The van der Waals surface area contributed by atoms with Crippen molar-refractivity contribution in [2.75, 3.05) is 13.1 Å². The molecule has 3 N–H and O–H groups in total. The van der Waals surface area contributed by atoms with E-state index in [-0.39, 0.29) is 0 Å². The zero-order valence-electron chi connectivity index (χ0n) is 12.6. The summed E-state index contributed by atoms with van der Waals surface area (Å²) in [4.78, 5) is 5.34. The molecule has 1 saturated carbocycles. The van der Waals surface area contributed by atoms with Gasteiger partial charge in [-0.05, 0) is 37.8 Å². The normalized spacial score (nSPS) is 23.0. The van der Waals surface area contributed by atoms with Crippen molar-refractivity contribution in [1.29, 1.82) is 0 Å². The third kappa shape index (κ3) is 5.16. The Hall–Kier alpha value is -0.780. The molecular weight excluding hydrogens is 306 g/mol. The SMILES string of the molecule is CCCC1CC1NC(=NCC(O)c1ccc(Cl)s1)NCC. The van der Waals surface area contributed by atoms with Crippen LogP contribution in [0.2, 0.25) is 4.34 Å². The van der Waals surface area contributed by atoms with Crippen LogP contribution < -0.4 is 10.6 Å². The fourth-order valence-electron chi connectivity index (χ4n) is 2.38. The molecule has 21 heavy (non-hydrogen) atoms. The summed E-state index contributed by atoms with van der Waals surface area (Å²) in [7, 11) is 0. The second-order valence-electron chi connectivity index (χ2n) is 5.41. The summed E-state index contributed by atoms with van der Waals surface area (Å²) in [6.07, 6.45) is 3.13. The lowest BCUT2D eigenvalue weighted by molar-refractivity contribution is 0.191. The van der Waals surface area contributed by atoms with Crippen molar-refractivity contribution in [2.24, 2.45) is 10.9 Å². The van der Waals surface area contributed by atoms with Crippen molar-refractivity contribution in [3.63, 3.8) is 0 Å². The van der Waals surface area contributed by atoms with Crippen LogP contribution >= 0.6 is 22.9 Å². The van der Waals surface area contributed by atoms with Crippen LogP contribution in [0.5, 0.6) is 0 Å². The minimum absolute atomic E-state index is 0.345. The molecule has 1 aliphatic rings. The second kappa shape index (κ2) is 8.01. The molecule has 1 heterocycles. The number of nitrogens with zero attached hydrogens (tertiary/aromatic N) is 1. The highest BCUT2D eigenvalue weighted by molar-refractivity contribution is 7.16. The first-order valence-corrected chi connectivity index (χ1v) is 8.81. The molecule has 3 atom stereocenters. The third-order valence-corrected chi connectivity index (χ3v) is 4.93. The molecule has 6 heteroatoms. The van der Waals surface area contributed by atoms with E-state index in [0.717, 1.165) is 23.3 Å². The molecule has 0 amide bonds. The summed E-state index contributed by atoms with van der Waals surface area (Å²) in [5.41, 5.74) is 0. The van der Waals surface area contributed by atoms with E-state index >= 15 is 0 Å². The predicted octanol–water partition coefficient (Wildman–Crippen LogP) is 3.18. The molecule has 2 rings (SSSR count). The number of guanidine groups is 1. The van der Waals surface area contributed by atoms with Crippen LogP contribution in [0.3, 0.4) is 0 Å². The Morgan fingerprint density at radius 3 is 2.95 bits per heavy atom. The van der Waals surface area contributed by atoms with Crippen molar-refractivity contribution in [2.45, 2.75) is 45.3 Å². The third-order valence-electron chi connectivity index (χ3n) is 3.59. The zero-order chi connectivity index (χ0) is 15.2. The van der Waals surface area contributed by atoms with Gasteiger partial charge in [-0.3, -0.25) is 4.99 Å². The van der Waals surface area contributed by atoms with Gasteiger partial charge >= 0.3 is 0 Å². The van der Waals surface area contributed by atoms with Crippen LogP contribution in [0.4, 0.5) is 0 Å². The van der Waals surface area contributed by atoms with E-state index in [1.807, 2.05) is 13.0 Å². The number of aliphatic imine (C=N–C) groups is 1. The van der Waals surface area contributed by atoms with Crippen LogP contribution in [0, 0.1) is 5.92 Å². The van der Waals surface area contributed by atoms with Gasteiger partial charge < -0.3 is 15.7 Å². The summed E-state index contributed by atoms with van der Waals surface area (Å²) in [6.45, 7) is 5.43. The number of aliphatic hydroxyl groups is 1. The monoisotopic (exact) mass is 329 g/mol. The molecule has 0 bridgehead atoms. The van der Waals surface area contributed by atoms with E-state index in [2.05, 4.69) is 22.5 Å². The van der Waals surface area contributed by atoms with Gasteiger partial charge in [0.15, 0.2) is 5.96 Å². The van der Waals surface area contributed by atoms with E-state index in [4.69, 9.17) is 11.6 Å². The Morgan fingerprint density at radius 2 is 2.33 bits per heavy atom. The highest BCUT2D eigenvalue weighted by atomic mass is 35.5. The van der Waals surface area contributed by atoms with Gasteiger partial charge in [0.2, 0.25) is 0 Å². The van der Waals surface area contributed by atoms with Crippen LogP contribution in [0.25, 0.3) is 0 Å². The minimum Gasteiger partial charge on any atom is -0.386 e. The highest BCUT2D eigenvalue weighted by Crippen LogP contribution is 2.34. The lowest BCUT2D eigenvalue weighted by Crippen LogP contribution is -2.39. The fourth-order valence-corrected chi connectivity index (χ4v) is 3.42. The first kappa shape index (κ1) is 16.6. The first-order valence-electron chi connectivity index (χ1n) is 7.62. The molecule has 118 valence electrons. The summed E-state index contributed by atoms with van der Waals surface area (Å²) < 4.78 is 0.693. The number of aliphatic hydroxyl groups excluding tert-OH is 1. The molecule has 0 aliphatic heterocycles. The molecule has 1 aromatic rings. The Kier molecular flexibility index (Phi) is 6.33. The van der Waals surface area contributed by atoms with Crippen molar-refractivity contribution < 1.29 is 5.11 Å². The van der Waals surface area contributed by atoms with Gasteiger partial charge in [0, 0.05) is 17.5 Å². The number of hydrogen-bond acceptors (Lipinski definition) is 3. The van der Waals surface area contributed by atoms with Crippen molar-refractivity contribution in [3.05, 3.63) is 21.3 Å². The maximum atomic E-state index is 10.1. The van der Waals surface area contributed by atoms with E-state index in [1.165, 1.54) is 30.6 Å². The number of nitrogens with one attached hydrogen (secondary N) is 2. The Labute approximate surface area is 135 Å². The first-order chi connectivity index (χ1) is 10.1. The molecule has 3 unspecified atom stereocenters. The molecule has 0 radical (unpaired) electrons.